The largest absolute Gasteiger partial charge is 0.488 e. The molecule has 180 valence electrons. The van der Waals surface area contributed by atoms with Crippen LogP contribution in [-0.2, 0) is 6.61 Å². The Morgan fingerprint density at radius 1 is 0.730 bits per heavy atom. The van der Waals surface area contributed by atoms with E-state index >= 15 is 0 Å². The molecule has 7 rings (SSSR count). The molecule has 0 aromatic heterocycles. The molecule has 0 fully saturated rings. The van der Waals surface area contributed by atoms with Crippen molar-refractivity contribution in [2.24, 2.45) is 5.10 Å². The van der Waals surface area contributed by atoms with Crippen molar-refractivity contribution < 1.29 is 9.47 Å². The summed E-state index contributed by atoms with van der Waals surface area (Å²) >= 11 is 0. The number of hydrogen-bond donors (Lipinski definition) is 0. The second kappa shape index (κ2) is 9.14. The minimum absolute atomic E-state index is 0.0890. The first-order valence-corrected chi connectivity index (χ1v) is 12.7. The number of ether oxygens (including phenoxy) is 2. The standard InChI is InChI=1S/C33H26N2O2/c1-2-11-23(12-3-1)22-36-31-19-8-7-17-28(31)33-35-30(27-16-6-9-20-32(27)37-33)21-29(34-35)26-18-10-14-24-13-4-5-15-25(24)26/h1-20,30,33H,21-22H2/t30-,33+/m0/s1. The van der Waals surface area contributed by atoms with Gasteiger partial charge in [0.25, 0.3) is 0 Å². The summed E-state index contributed by atoms with van der Waals surface area (Å²) in [5.41, 5.74) is 5.52. The summed E-state index contributed by atoms with van der Waals surface area (Å²) in [7, 11) is 0. The number of para-hydroxylation sites is 2. The Kier molecular flexibility index (Phi) is 5.36. The van der Waals surface area contributed by atoms with Crippen LogP contribution in [0.5, 0.6) is 11.5 Å². The summed E-state index contributed by atoms with van der Waals surface area (Å²) in [6, 6.07) is 41.8. The van der Waals surface area contributed by atoms with Crippen molar-refractivity contribution >= 4 is 16.5 Å². The van der Waals surface area contributed by atoms with E-state index in [2.05, 4.69) is 83.9 Å². The maximum absolute atomic E-state index is 6.64. The Balaban J connectivity index is 1.30. The fourth-order valence-electron chi connectivity index (χ4n) is 5.43. The Morgan fingerprint density at radius 3 is 2.38 bits per heavy atom. The van der Waals surface area contributed by atoms with Crippen LogP contribution in [0.4, 0.5) is 0 Å². The highest BCUT2D eigenvalue weighted by atomic mass is 16.5. The molecule has 0 radical (unpaired) electrons. The Morgan fingerprint density at radius 2 is 1.46 bits per heavy atom. The predicted molar refractivity (Wildman–Crippen MR) is 147 cm³/mol. The lowest BCUT2D eigenvalue weighted by Gasteiger charge is -2.38. The smallest absolute Gasteiger partial charge is 0.217 e. The van der Waals surface area contributed by atoms with Crippen LogP contribution in [0.25, 0.3) is 10.8 Å². The lowest BCUT2D eigenvalue weighted by Crippen LogP contribution is -2.34. The third-order valence-electron chi connectivity index (χ3n) is 7.22. The molecule has 4 nitrogen and oxygen atoms in total. The van der Waals surface area contributed by atoms with Crippen LogP contribution in [0.15, 0.2) is 126 Å². The van der Waals surface area contributed by atoms with Gasteiger partial charge in [-0.15, -0.1) is 0 Å². The number of hydrogen-bond acceptors (Lipinski definition) is 4. The summed E-state index contributed by atoms with van der Waals surface area (Å²) in [5.74, 6) is 1.71. The van der Waals surface area contributed by atoms with Crippen LogP contribution in [-0.4, -0.2) is 10.7 Å². The molecule has 37 heavy (non-hydrogen) atoms. The highest BCUT2D eigenvalue weighted by Crippen LogP contribution is 2.49. The molecule has 0 unspecified atom stereocenters. The predicted octanol–water partition coefficient (Wildman–Crippen LogP) is 7.66. The SMILES string of the molecule is c1ccc(COc2ccccc2[C@H]2Oc3ccccc3[C@@H]3CC(c4cccc5ccccc45)=NN23)cc1. The topological polar surface area (TPSA) is 34.1 Å². The van der Waals surface area contributed by atoms with Crippen molar-refractivity contribution in [1.29, 1.82) is 0 Å². The van der Waals surface area contributed by atoms with E-state index in [-0.39, 0.29) is 12.3 Å². The summed E-state index contributed by atoms with van der Waals surface area (Å²) in [6.45, 7) is 0.495. The highest BCUT2D eigenvalue weighted by Gasteiger charge is 2.42. The summed E-state index contributed by atoms with van der Waals surface area (Å²) in [5, 5.41) is 9.79. The van der Waals surface area contributed by atoms with E-state index in [1.807, 2.05) is 42.5 Å². The van der Waals surface area contributed by atoms with Gasteiger partial charge in [-0.2, -0.15) is 5.10 Å². The maximum Gasteiger partial charge on any atom is 0.217 e. The van der Waals surface area contributed by atoms with Crippen molar-refractivity contribution in [3.63, 3.8) is 0 Å². The van der Waals surface area contributed by atoms with Gasteiger partial charge in [0.05, 0.1) is 17.3 Å². The average Bonchev–Trinajstić information content (AvgIpc) is 3.42. The zero-order chi connectivity index (χ0) is 24.6. The van der Waals surface area contributed by atoms with E-state index in [9.17, 15) is 0 Å². The second-order valence-corrected chi connectivity index (χ2v) is 9.49. The van der Waals surface area contributed by atoms with Gasteiger partial charge in [-0.3, -0.25) is 0 Å². The molecule has 0 bridgehead atoms. The fourth-order valence-corrected chi connectivity index (χ4v) is 5.43. The first-order chi connectivity index (χ1) is 18.3. The fraction of sp³-hybridized carbons (Fsp3) is 0.121. The van der Waals surface area contributed by atoms with Crippen LogP contribution in [0, 0.1) is 0 Å². The van der Waals surface area contributed by atoms with Crippen molar-refractivity contribution in [3.8, 4) is 11.5 Å². The highest BCUT2D eigenvalue weighted by molar-refractivity contribution is 6.11. The molecule has 0 saturated carbocycles. The number of nitrogens with zero attached hydrogens (tertiary/aromatic N) is 2. The van der Waals surface area contributed by atoms with E-state index in [0.717, 1.165) is 34.8 Å². The van der Waals surface area contributed by atoms with Crippen molar-refractivity contribution in [2.45, 2.75) is 25.3 Å². The lowest BCUT2D eigenvalue weighted by molar-refractivity contribution is -0.0207. The minimum atomic E-state index is -0.389. The van der Waals surface area contributed by atoms with Gasteiger partial charge in [0.2, 0.25) is 6.23 Å². The minimum Gasteiger partial charge on any atom is -0.488 e. The van der Waals surface area contributed by atoms with Gasteiger partial charge in [0, 0.05) is 17.5 Å². The van der Waals surface area contributed by atoms with E-state index in [0.29, 0.717) is 6.61 Å². The zero-order valence-corrected chi connectivity index (χ0v) is 20.3. The molecular weight excluding hydrogens is 456 g/mol. The molecule has 0 spiro atoms. The average molecular weight is 483 g/mol. The van der Waals surface area contributed by atoms with E-state index in [1.165, 1.54) is 21.9 Å². The van der Waals surface area contributed by atoms with Crippen LogP contribution in [0.1, 0.15) is 40.9 Å². The van der Waals surface area contributed by atoms with E-state index < -0.39 is 0 Å². The number of benzene rings is 5. The van der Waals surface area contributed by atoms with Crippen molar-refractivity contribution in [3.05, 3.63) is 144 Å². The van der Waals surface area contributed by atoms with Gasteiger partial charge >= 0.3 is 0 Å². The third kappa shape index (κ3) is 3.91. The van der Waals surface area contributed by atoms with Crippen LogP contribution in [0.2, 0.25) is 0 Å². The molecule has 5 aromatic rings. The van der Waals surface area contributed by atoms with Crippen LogP contribution >= 0.6 is 0 Å². The molecule has 0 aliphatic carbocycles. The van der Waals surface area contributed by atoms with Gasteiger partial charge in [-0.05, 0) is 34.5 Å². The number of fused-ring (bicyclic) bond motifs is 4. The molecule has 2 aliphatic rings. The Hall–Kier alpha value is -4.57. The number of rotatable bonds is 5. The quantitative estimate of drug-likeness (QED) is 0.258. The molecule has 4 heteroatoms. The zero-order valence-electron chi connectivity index (χ0n) is 20.3. The first-order valence-electron chi connectivity index (χ1n) is 12.7. The lowest BCUT2D eigenvalue weighted by atomic mass is 9.93. The van der Waals surface area contributed by atoms with Crippen molar-refractivity contribution in [2.75, 3.05) is 0 Å². The van der Waals surface area contributed by atoms with Crippen molar-refractivity contribution in [1.82, 2.24) is 5.01 Å². The molecular formula is C33H26N2O2. The third-order valence-corrected chi connectivity index (χ3v) is 7.22. The van der Waals surface area contributed by atoms with Crippen LogP contribution < -0.4 is 9.47 Å². The molecule has 0 N–H and O–H groups in total. The van der Waals surface area contributed by atoms with E-state index in [4.69, 9.17) is 14.6 Å². The Labute approximate surface area is 216 Å². The summed E-state index contributed by atoms with van der Waals surface area (Å²) < 4.78 is 13.0. The number of hydrazone groups is 1. The normalized spacial score (nSPS) is 18.1. The monoisotopic (exact) mass is 482 g/mol. The van der Waals surface area contributed by atoms with Gasteiger partial charge in [0.1, 0.15) is 18.1 Å². The molecule has 2 heterocycles. The molecule has 0 amide bonds. The van der Waals surface area contributed by atoms with Crippen LogP contribution in [0.3, 0.4) is 0 Å². The Bertz CT molecular complexity index is 1610. The van der Waals surface area contributed by atoms with Gasteiger partial charge in [-0.25, -0.2) is 5.01 Å². The van der Waals surface area contributed by atoms with E-state index in [1.54, 1.807) is 0 Å². The molecule has 0 saturated heterocycles. The molecule has 5 aromatic carbocycles. The van der Waals surface area contributed by atoms with Gasteiger partial charge in [0.15, 0.2) is 0 Å². The molecule has 2 aliphatic heterocycles. The van der Waals surface area contributed by atoms with Gasteiger partial charge < -0.3 is 9.47 Å². The maximum atomic E-state index is 6.64. The summed E-state index contributed by atoms with van der Waals surface area (Å²) in [4.78, 5) is 0. The van der Waals surface area contributed by atoms with Gasteiger partial charge in [-0.1, -0.05) is 103 Å². The second-order valence-electron chi connectivity index (χ2n) is 9.49. The summed E-state index contributed by atoms with van der Waals surface area (Å²) in [6.07, 6.45) is 0.428. The molecule has 2 atom stereocenters. The first kappa shape index (κ1) is 21.7.